The van der Waals surface area contributed by atoms with Gasteiger partial charge in [0.2, 0.25) is 59.1 Å². The highest BCUT2D eigenvalue weighted by atomic mass is 16.3. The second-order valence-electron chi connectivity index (χ2n) is 23.6. The first-order chi connectivity index (χ1) is 44.1. The minimum atomic E-state index is -1.51. The third-order valence-corrected chi connectivity index (χ3v) is 16.1. The molecule has 0 aromatic heterocycles. The van der Waals surface area contributed by atoms with Crippen molar-refractivity contribution in [3.05, 3.63) is 102 Å². The Hall–Kier alpha value is -9.34. The van der Waals surface area contributed by atoms with Gasteiger partial charge in [0.05, 0.1) is 6.42 Å². The number of likely N-dealkylation sites (tertiary alicyclic amines) is 1. The van der Waals surface area contributed by atoms with Crippen molar-refractivity contribution in [2.24, 2.45) is 28.9 Å². The Labute approximate surface area is 537 Å². The summed E-state index contributed by atoms with van der Waals surface area (Å²) in [5.41, 5.74) is 23.7. The fourth-order valence-electron chi connectivity index (χ4n) is 11.2. The summed E-state index contributed by atoms with van der Waals surface area (Å²) in [7, 11) is 0. The van der Waals surface area contributed by atoms with Crippen molar-refractivity contribution in [1.29, 1.82) is 10.8 Å². The van der Waals surface area contributed by atoms with Crippen LogP contribution >= 0.6 is 0 Å². The van der Waals surface area contributed by atoms with Gasteiger partial charge in [-0.2, -0.15) is 0 Å². The number of amides is 10. The van der Waals surface area contributed by atoms with Crippen LogP contribution in [-0.4, -0.2) is 162 Å². The number of nitrogens with two attached hydrogens (primary N) is 4. The summed E-state index contributed by atoms with van der Waals surface area (Å²) in [5.74, 6) is -8.25. The molecule has 28 heteroatoms. The highest BCUT2D eigenvalue weighted by molar-refractivity contribution is 5.99. The molecular weight excluding hydrogens is 1180 g/mol. The second kappa shape index (κ2) is 39.0. The van der Waals surface area contributed by atoms with E-state index in [0.29, 0.717) is 29.7 Å². The molecule has 1 aliphatic carbocycles. The quantitative estimate of drug-likeness (QED) is 0.0193. The van der Waals surface area contributed by atoms with E-state index >= 15 is 14.4 Å². The Kier molecular flexibility index (Phi) is 31.1. The number of carbonyl (C=O) groups is 10. The number of phenols is 1. The van der Waals surface area contributed by atoms with Crippen molar-refractivity contribution >= 4 is 71.0 Å². The van der Waals surface area contributed by atoms with Crippen molar-refractivity contribution in [2.45, 2.75) is 177 Å². The Morgan fingerprint density at radius 1 is 0.522 bits per heavy atom. The van der Waals surface area contributed by atoms with Crippen LogP contribution in [0.15, 0.2) is 84.9 Å². The molecule has 1 aliphatic heterocycles. The second-order valence-corrected chi connectivity index (χ2v) is 23.6. The average molecular weight is 1280 g/mol. The highest BCUT2D eigenvalue weighted by Gasteiger charge is 2.41. The largest absolute Gasteiger partial charge is 0.508 e. The van der Waals surface area contributed by atoms with Crippen LogP contribution in [0.5, 0.6) is 5.75 Å². The van der Waals surface area contributed by atoms with E-state index in [4.69, 9.17) is 33.8 Å². The first-order valence-corrected chi connectivity index (χ1v) is 31.8. The van der Waals surface area contributed by atoms with Gasteiger partial charge < -0.3 is 86.1 Å². The van der Waals surface area contributed by atoms with Crippen LogP contribution < -0.4 is 76.1 Å². The summed E-state index contributed by atoms with van der Waals surface area (Å²) in [5, 5.41) is 53.3. The first kappa shape index (κ1) is 73.4. The topological polar surface area (TPSA) is 466 Å². The van der Waals surface area contributed by atoms with Crippen molar-refractivity contribution in [3.63, 3.8) is 0 Å². The standard InChI is InChI=1S/C64H95N17O11/c1-2-3-30-71-33-29-54(84)74-48(38-43-25-27-44(82)28-26-43)57(87)78-50(36-41-18-9-5-10-19-41)59(89)80-51(37-42-20-11-6-12-21-42)60(90)79-49(35-40-16-7-4-8-17-40)58(88)76-46(23-14-32-73-64(69)70)62(92)81-34-15-24-52(81)61(91)75-45(22-13-31-72-63(67)68)56(86)77-47(55(66)85)39-53(65)83/h4-5,7-10,16-19,25-28,42,45-52,71,82H,2-3,6,11-15,20-24,29-39H2,1H3,(H2,65,83)(H2,66,85)(H,74,84)(H,75,91)(H,76,88)(H,77,86)(H,78,87)(H,79,90)(H,80,89)(H4,67,68,72)(H4,69,70,73)/t45-,46-,47-,48-,49-,50-,51-,52-/m0/s1. The molecule has 3 aromatic carbocycles. The fourth-order valence-corrected chi connectivity index (χ4v) is 11.2. The minimum absolute atomic E-state index is 0.00976. The molecule has 1 heterocycles. The molecule has 8 atom stereocenters. The Bertz CT molecular complexity index is 2940. The maximum absolute atomic E-state index is 15.2. The van der Waals surface area contributed by atoms with Gasteiger partial charge in [-0.3, -0.25) is 58.8 Å². The fraction of sp³-hybridized carbons (Fsp3) is 0.531. The van der Waals surface area contributed by atoms with E-state index in [1.165, 1.54) is 17.0 Å². The first-order valence-electron chi connectivity index (χ1n) is 31.8. The maximum atomic E-state index is 15.2. The van der Waals surface area contributed by atoms with Crippen molar-refractivity contribution < 1.29 is 53.1 Å². The molecule has 1 saturated carbocycles. The molecule has 2 aliphatic rings. The summed E-state index contributed by atoms with van der Waals surface area (Å²) in [4.78, 5) is 141. The summed E-state index contributed by atoms with van der Waals surface area (Å²) >= 11 is 0. The lowest BCUT2D eigenvalue weighted by atomic mass is 9.84. The van der Waals surface area contributed by atoms with Crippen LogP contribution in [0.4, 0.5) is 0 Å². The molecule has 10 amide bonds. The molecule has 28 nitrogen and oxygen atoms in total. The summed E-state index contributed by atoms with van der Waals surface area (Å²) in [6, 6.07) is 13.5. The lowest BCUT2D eigenvalue weighted by Gasteiger charge is -2.32. The highest BCUT2D eigenvalue weighted by Crippen LogP contribution is 2.28. The zero-order chi connectivity index (χ0) is 67.0. The molecule has 1 saturated heterocycles. The van der Waals surface area contributed by atoms with Crippen LogP contribution in [0.3, 0.4) is 0 Å². The summed E-state index contributed by atoms with van der Waals surface area (Å²) in [6.07, 6.45) is 6.48. The number of rotatable bonds is 39. The number of guanidine groups is 2. The lowest BCUT2D eigenvalue weighted by Crippen LogP contribution is -2.61. The zero-order valence-corrected chi connectivity index (χ0v) is 52.5. The number of benzene rings is 3. The molecule has 3 aromatic rings. The molecule has 5 rings (SSSR count). The van der Waals surface area contributed by atoms with E-state index in [0.717, 1.165) is 51.5 Å². The predicted octanol–water partition coefficient (Wildman–Crippen LogP) is -0.558. The summed E-state index contributed by atoms with van der Waals surface area (Å²) < 4.78 is 0. The molecule has 0 spiro atoms. The third kappa shape index (κ3) is 26.2. The van der Waals surface area contributed by atoms with E-state index in [1.54, 1.807) is 72.8 Å². The zero-order valence-electron chi connectivity index (χ0n) is 52.5. The van der Waals surface area contributed by atoms with Gasteiger partial charge in [-0.05, 0) is 92.7 Å². The van der Waals surface area contributed by atoms with E-state index in [1.807, 2.05) is 0 Å². The Morgan fingerprint density at radius 2 is 1.00 bits per heavy atom. The number of nitrogens with zero attached hydrogens (tertiary/aromatic N) is 1. The van der Waals surface area contributed by atoms with Crippen molar-refractivity contribution in [3.8, 4) is 5.75 Å². The Morgan fingerprint density at radius 3 is 1.52 bits per heavy atom. The van der Waals surface area contributed by atoms with Crippen LogP contribution in [0, 0.1) is 16.7 Å². The average Bonchev–Trinajstić information content (AvgIpc) is 1.73. The number of hydrogen-bond donors (Lipinski definition) is 17. The van der Waals surface area contributed by atoms with E-state index in [2.05, 4.69) is 60.1 Å². The smallest absolute Gasteiger partial charge is 0.245 e. The molecule has 0 unspecified atom stereocenters. The lowest BCUT2D eigenvalue weighted by molar-refractivity contribution is -0.142. The molecule has 502 valence electrons. The number of primary amides is 2. The molecule has 21 N–H and O–H groups in total. The van der Waals surface area contributed by atoms with Gasteiger partial charge in [0.15, 0.2) is 11.9 Å². The minimum Gasteiger partial charge on any atom is -0.508 e. The van der Waals surface area contributed by atoms with Gasteiger partial charge in [0.25, 0.3) is 0 Å². The number of hydrogen-bond acceptors (Lipinski definition) is 14. The van der Waals surface area contributed by atoms with Crippen molar-refractivity contribution in [2.75, 3.05) is 32.7 Å². The number of nitrogens with one attached hydrogen (secondary N) is 12. The number of carbonyl (C=O) groups excluding carboxylic acids is 10. The molecule has 92 heavy (non-hydrogen) atoms. The van der Waals surface area contributed by atoms with Gasteiger partial charge in [0, 0.05) is 51.9 Å². The normalized spacial score (nSPS) is 16.1. The molecule has 0 bridgehead atoms. The van der Waals surface area contributed by atoms with E-state index < -0.39 is 114 Å². The molecule has 2 fully saturated rings. The Balaban J connectivity index is 1.44. The van der Waals surface area contributed by atoms with Crippen molar-refractivity contribution in [1.82, 2.24) is 58.1 Å². The maximum Gasteiger partial charge on any atom is 0.245 e. The van der Waals surface area contributed by atoms with Gasteiger partial charge in [-0.25, -0.2) is 0 Å². The van der Waals surface area contributed by atoms with Crippen LogP contribution in [0.25, 0.3) is 0 Å². The number of phenolic OH excluding ortho intramolecular Hbond substituents is 1. The number of unbranched alkanes of at least 4 members (excludes halogenated alkanes) is 1. The van der Waals surface area contributed by atoms with Crippen LogP contribution in [-0.2, 0) is 67.2 Å². The summed E-state index contributed by atoms with van der Waals surface area (Å²) in [6.45, 7) is 3.43. The molecule has 0 radical (unpaired) electrons. The van der Waals surface area contributed by atoms with Gasteiger partial charge >= 0.3 is 0 Å². The van der Waals surface area contributed by atoms with Crippen LogP contribution in [0.1, 0.15) is 126 Å². The van der Waals surface area contributed by atoms with E-state index in [9.17, 15) is 38.7 Å². The van der Waals surface area contributed by atoms with Gasteiger partial charge in [-0.1, -0.05) is 118 Å². The SMILES string of the molecule is CCCCNCCC(=O)N[C@@H](Cc1ccc(O)cc1)C(=O)N[C@@H](Cc1ccccc1)C(=O)N[C@@H](CC1CCCCC1)C(=O)N[C@@H](Cc1ccccc1)C(=O)N[C@@H](CCCNC(=N)N)C(=O)N1CCC[C@H]1C(=O)N[C@@H](CCCNC(=N)N)C(=O)N[C@@H](CC(N)=O)C(N)=O. The van der Waals surface area contributed by atoms with E-state index in [-0.39, 0.29) is 107 Å². The monoisotopic (exact) mass is 1280 g/mol. The van der Waals surface area contributed by atoms with Gasteiger partial charge in [0.1, 0.15) is 54.1 Å². The number of aromatic hydroxyl groups is 1. The predicted molar refractivity (Wildman–Crippen MR) is 345 cm³/mol. The third-order valence-electron chi connectivity index (χ3n) is 16.1. The molecular formula is C64H95N17O11. The van der Waals surface area contributed by atoms with Crippen LogP contribution in [0.2, 0.25) is 0 Å². The van der Waals surface area contributed by atoms with Gasteiger partial charge in [-0.15, -0.1) is 0 Å².